The van der Waals surface area contributed by atoms with E-state index < -0.39 is 0 Å². The molecule has 0 saturated carbocycles. The van der Waals surface area contributed by atoms with Crippen molar-refractivity contribution < 1.29 is 14.3 Å². The van der Waals surface area contributed by atoms with Crippen LogP contribution in [0.3, 0.4) is 0 Å². The van der Waals surface area contributed by atoms with Gasteiger partial charge in [0.15, 0.2) is 11.5 Å². The van der Waals surface area contributed by atoms with Gasteiger partial charge in [-0.15, -0.1) is 0 Å². The molecule has 1 aromatic heterocycles. The number of benzene rings is 1. The van der Waals surface area contributed by atoms with Gasteiger partial charge < -0.3 is 14.4 Å². The van der Waals surface area contributed by atoms with Gasteiger partial charge in [-0.2, -0.15) is 15.0 Å². The fraction of sp³-hybridized carbons (Fsp3) is 0.400. The summed E-state index contributed by atoms with van der Waals surface area (Å²) in [5.74, 6) is 0.957. The van der Waals surface area contributed by atoms with Crippen molar-refractivity contribution >= 4 is 5.91 Å². The summed E-state index contributed by atoms with van der Waals surface area (Å²) in [7, 11) is 3.09. The third-order valence-corrected chi connectivity index (χ3v) is 3.85. The lowest BCUT2D eigenvalue weighted by molar-refractivity contribution is 0.0782. The SMILES string of the molecule is COc1cccc(C(=O)N2CC[C@H](n3nccn3)C2)c1OC. The minimum Gasteiger partial charge on any atom is -0.493 e. The highest BCUT2D eigenvalue weighted by atomic mass is 16.5. The van der Waals surface area contributed by atoms with Crippen LogP contribution in [0.15, 0.2) is 30.6 Å². The van der Waals surface area contributed by atoms with Gasteiger partial charge in [-0.3, -0.25) is 4.79 Å². The number of amides is 1. The van der Waals surface area contributed by atoms with Gasteiger partial charge in [0.25, 0.3) is 5.91 Å². The monoisotopic (exact) mass is 302 g/mol. The molecule has 0 unspecified atom stereocenters. The van der Waals surface area contributed by atoms with Gasteiger partial charge in [0.1, 0.15) is 0 Å². The molecule has 1 aliphatic heterocycles. The lowest BCUT2D eigenvalue weighted by atomic mass is 10.1. The largest absolute Gasteiger partial charge is 0.493 e. The molecule has 1 fully saturated rings. The number of para-hydroxylation sites is 1. The number of ether oxygens (including phenoxy) is 2. The number of methoxy groups -OCH3 is 2. The molecule has 7 heteroatoms. The number of nitrogens with zero attached hydrogens (tertiary/aromatic N) is 4. The first kappa shape index (κ1) is 14.4. The first-order valence-corrected chi connectivity index (χ1v) is 7.10. The molecule has 0 spiro atoms. The third-order valence-electron chi connectivity index (χ3n) is 3.85. The molecule has 22 heavy (non-hydrogen) atoms. The van der Waals surface area contributed by atoms with Crippen molar-refractivity contribution in [2.45, 2.75) is 12.5 Å². The van der Waals surface area contributed by atoms with Gasteiger partial charge >= 0.3 is 0 Å². The van der Waals surface area contributed by atoms with Crippen LogP contribution < -0.4 is 9.47 Å². The lowest BCUT2D eigenvalue weighted by Crippen LogP contribution is -2.29. The van der Waals surface area contributed by atoms with E-state index in [4.69, 9.17) is 9.47 Å². The van der Waals surface area contributed by atoms with Crippen LogP contribution in [0.2, 0.25) is 0 Å². The molecule has 1 saturated heterocycles. The zero-order valence-electron chi connectivity index (χ0n) is 12.6. The first-order valence-electron chi connectivity index (χ1n) is 7.10. The molecule has 1 aliphatic rings. The summed E-state index contributed by atoms with van der Waals surface area (Å²) in [6.07, 6.45) is 4.14. The van der Waals surface area contributed by atoms with Gasteiger partial charge in [-0.1, -0.05) is 6.07 Å². The molecule has 1 aromatic carbocycles. The predicted octanol–water partition coefficient (Wildman–Crippen LogP) is 1.38. The molecule has 7 nitrogen and oxygen atoms in total. The number of carbonyl (C=O) groups excluding carboxylic acids is 1. The molecule has 2 heterocycles. The Morgan fingerprint density at radius 1 is 1.23 bits per heavy atom. The van der Waals surface area contributed by atoms with Gasteiger partial charge in [0.05, 0.1) is 38.2 Å². The van der Waals surface area contributed by atoms with Gasteiger partial charge in [-0.05, 0) is 18.6 Å². The fourth-order valence-corrected chi connectivity index (χ4v) is 2.76. The van der Waals surface area contributed by atoms with Crippen LogP contribution in [-0.4, -0.2) is 53.1 Å². The van der Waals surface area contributed by atoms with E-state index in [1.54, 1.807) is 47.4 Å². The zero-order valence-corrected chi connectivity index (χ0v) is 12.6. The van der Waals surface area contributed by atoms with Crippen molar-refractivity contribution in [3.8, 4) is 11.5 Å². The number of rotatable bonds is 4. The Hall–Kier alpha value is -2.57. The normalized spacial score (nSPS) is 17.5. The van der Waals surface area contributed by atoms with Crippen LogP contribution in [0.1, 0.15) is 22.8 Å². The number of hydrogen-bond donors (Lipinski definition) is 0. The fourth-order valence-electron chi connectivity index (χ4n) is 2.76. The highest BCUT2D eigenvalue weighted by Crippen LogP contribution is 2.32. The molecular formula is C15H18N4O3. The molecule has 3 rings (SSSR count). The van der Waals surface area contributed by atoms with E-state index in [1.807, 2.05) is 0 Å². The second kappa shape index (κ2) is 6.05. The highest BCUT2D eigenvalue weighted by Gasteiger charge is 2.30. The standard InChI is InChI=1S/C15H18N4O3/c1-21-13-5-3-4-12(14(13)22-2)15(20)18-9-6-11(10-18)19-16-7-8-17-19/h3-5,7-8,11H,6,9-10H2,1-2H3/t11-/m0/s1. The molecule has 0 N–H and O–H groups in total. The maximum Gasteiger partial charge on any atom is 0.257 e. The van der Waals surface area contributed by atoms with E-state index in [0.717, 1.165) is 6.42 Å². The quantitative estimate of drug-likeness (QED) is 0.853. The van der Waals surface area contributed by atoms with Crippen molar-refractivity contribution in [1.82, 2.24) is 19.9 Å². The van der Waals surface area contributed by atoms with Gasteiger partial charge in [0, 0.05) is 13.1 Å². The minimum absolute atomic E-state index is 0.0644. The minimum atomic E-state index is -0.0644. The van der Waals surface area contributed by atoms with E-state index in [9.17, 15) is 4.79 Å². The molecule has 2 aromatic rings. The van der Waals surface area contributed by atoms with Crippen LogP contribution in [0.25, 0.3) is 0 Å². The summed E-state index contributed by atoms with van der Waals surface area (Å²) in [6, 6.07) is 5.44. The third kappa shape index (κ3) is 2.49. The van der Waals surface area contributed by atoms with Gasteiger partial charge in [-0.25, -0.2) is 0 Å². The average molecular weight is 302 g/mol. The second-order valence-corrected chi connectivity index (χ2v) is 5.08. The van der Waals surface area contributed by atoms with E-state index >= 15 is 0 Å². The van der Waals surface area contributed by atoms with E-state index in [0.29, 0.717) is 30.2 Å². The maximum atomic E-state index is 12.8. The number of aromatic nitrogens is 3. The predicted molar refractivity (Wildman–Crippen MR) is 79.1 cm³/mol. The molecule has 1 atom stereocenters. The Morgan fingerprint density at radius 3 is 2.68 bits per heavy atom. The molecule has 116 valence electrons. The van der Waals surface area contributed by atoms with E-state index in [1.165, 1.54) is 7.11 Å². The summed E-state index contributed by atoms with van der Waals surface area (Å²) in [5.41, 5.74) is 0.510. The number of likely N-dealkylation sites (tertiary alicyclic amines) is 1. The Kier molecular flexibility index (Phi) is 3.95. The van der Waals surface area contributed by atoms with Crippen molar-refractivity contribution in [1.29, 1.82) is 0 Å². The van der Waals surface area contributed by atoms with Crippen molar-refractivity contribution in [3.63, 3.8) is 0 Å². The summed E-state index contributed by atoms with van der Waals surface area (Å²) >= 11 is 0. The van der Waals surface area contributed by atoms with Crippen molar-refractivity contribution in [2.24, 2.45) is 0 Å². The summed E-state index contributed by atoms with van der Waals surface area (Å²) in [5, 5.41) is 8.30. The summed E-state index contributed by atoms with van der Waals surface area (Å²) in [6.45, 7) is 1.26. The van der Waals surface area contributed by atoms with Crippen molar-refractivity contribution in [3.05, 3.63) is 36.2 Å². The van der Waals surface area contributed by atoms with Crippen LogP contribution in [0.4, 0.5) is 0 Å². The summed E-state index contributed by atoms with van der Waals surface area (Å²) < 4.78 is 10.6. The van der Waals surface area contributed by atoms with Crippen LogP contribution in [0.5, 0.6) is 11.5 Å². The summed E-state index contributed by atoms with van der Waals surface area (Å²) in [4.78, 5) is 16.2. The number of hydrogen-bond acceptors (Lipinski definition) is 5. The Bertz CT molecular complexity index is 657. The Morgan fingerprint density at radius 2 is 2.00 bits per heavy atom. The van der Waals surface area contributed by atoms with Crippen molar-refractivity contribution in [2.75, 3.05) is 27.3 Å². The molecular weight excluding hydrogens is 284 g/mol. The van der Waals surface area contributed by atoms with Crippen LogP contribution in [0, 0.1) is 0 Å². The molecule has 0 bridgehead atoms. The highest BCUT2D eigenvalue weighted by molar-refractivity contribution is 5.98. The van der Waals surface area contributed by atoms with E-state index in [2.05, 4.69) is 10.2 Å². The second-order valence-electron chi connectivity index (χ2n) is 5.08. The Balaban J connectivity index is 1.80. The molecule has 0 radical (unpaired) electrons. The Labute approximate surface area is 128 Å². The van der Waals surface area contributed by atoms with Crippen LogP contribution >= 0.6 is 0 Å². The van der Waals surface area contributed by atoms with Gasteiger partial charge in [0.2, 0.25) is 0 Å². The van der Waals surface area contributed by atoms with E-state index in [-0.39, 0.29) is 11.9 Å². The smallest absolute Gasteiger partial charge is 0.257 e. The topological polar surface area (TPSA) is 69.5 Å². The maximum absolute atomic E-state index is 12.8. The average Bonchev–Trinajstić information content (AvgIpc) is 3.23. The zero-order chi connectivity index (χ0) is 15.5. The van der Waals surface area contributed by atoms with Crippen LogP contribution in [-0.2, 0) is 0 Å². The molecule has 0 aliphatic carbocycles. The lowest BCUT2D eigenvalue weighted by Gasteiger charge is -2.19. The first-order chi connectivity index (χ1) is 10.7. The molecule has 1 amide bonds. The number of carbonyl (C=O) groups is 1.